The molecule has 0 amide bonds. The average Bonchev–Trinajstić information content (AvgIpc) is 2.75. The lowest BCUT2D eigenvalue weighted by atomic mass is 10.1. The second kappa shape index (κ2) is 5.84. The van der Waals surface area contributed by atoms with E-state index < -0.39 is 0 Å². The minimum absolute atomic E-state index is 0.317. The lowest BCUT2D eigenvalue weighted by Gasteiger charge is -2.11. The second-order valence-corrected chi connectivity index (χ2v) is 4.49. The minimum atomic E-state index is -0.327. The third kappa shape index (κ3) is 3.32. The van der Waals surface area contributed by atoms with Crippen LogP contribution < -0.4 is 10.5 Å². The van der Waals surface area contributed by atoms with E-state index in [2.05, 4.69) is 4.98 Å². The van der Waals surface area contributed by atoms with Gasteiger partial charge in [-0.2, -0.15) is 0 Å². The van der Waals surface area contributed by atoms with E-state index >= 15 is 0 Å². The predicted molar refractivity (Wildman–Crippen MR) is 71.5 cm³/mol. The van der Waals surface area contributed by atoms with Gasteiger partial charge in [-0.15, -0.1) is 0 Å². The summed E-state index contributed by atoms with van der Waals surface area (Å²) in [6, 6.07) is 4.46. The molecule has 0 aliphatic carbocycles. The lowest BCUT2D eigenvalue weighted by molar-refractivity contribution is 0.295. The molecule has 1 aromatic carbocycles. The van der Waals surface area contributed by atoms with Gasteiger partial charge in [0.25, 0.3) is 0 Å². The van der Waals surface area contributed by atoms with Crippen molar-refractivity contribution in [3.05, 3.63) is 47.8 Å². The van der Waals surface area contributed by atoms with Crippen LogP contribution >= 0.6 is 0 Å². The van der Waals surface area contributed by atoms with Crippen LogP contribution in [0.15, 0.2) is 30.6 Å². The summed E-state index contributed by atoms with van der Waals surface area (Å²) in [7, 11) is 0. The molecular formula is C14H18FN3O. The van der Waals surface area contributed by atoms with Crippen LogP contribution in [0, 0.1) is 12.7 Å². The molecular weight excluding hydrogens is 245 g/mol. The van der Waals surface area contributed by atoms with Crippen molar-refractivity contribution in [1.82, 2.24) is 9.55 Å². The number of imidazole rings is 1. The summed E-state index contributed by atoms with van der Waals surface area (Å²) in [6.07, 6.45) is 3.63. The zero-order valence-corrected chi connectivity index (χ0v) is 11.1. The molecule has 0 unspecified atom stereocenters. The number of nitrogens with two attached hydrogens (primary N) is 1. The number of ether oxygens (including phenoxy) is 1. The van der Waals surface area contributed by atoms with Crippen molar-refractivity contribution < 1.29 is 9.13 Å². The van der Waals surface area contributed by atoms with Gasteiger partial charge in [-0.05, 0) is 19.9 Å². The normalized spacial score (nSPS) is 12.4. The Morgan fingerprint density at radius 1 is 1.47 bits per heavy atom. The number of hydrogen-bond acceptors (Lipinski definition) is 3. The number of hydrogen-bond donors (Lipinski definition) is 1. The van der Waals surface area contributed by atoms with Crippen molar-refractivity contribution in [2.75, 3.05) is 6.61 Å². The summed E-state index contributed by atoms with van der Waals surface area (Å²) < 4.78 is 21.2. The summed E-state index contributed by atoms with van der Waals surface area (Å²) in [5, 5.41) is 0. The summed E-state index contributed by atoms with van der Waals surface area (Å²) >= 11 is 0. The molecule has 1 atom stereocenters. The van der Waals surface area contributed by atoms with Crippen molar-refractivity contribution in [2.45, 2.75) is 26.4 Å². The van der Waals surface area contributed by atoms with Gasteiger partial charge in [0.05, 0.1) is 6.54 Å². The summed E-state index contributed by atoms with van der Waals surface area (Å²) in [4.78, 5) is 4.12. The Morgan fingerprint density at radius 2 is 2.26 bits per heavy atom. The van der Waals surface area contributed by atoms with Crippen molar-refractivity contribution in [2.24, 2.45) is 5.73 Å². The standard InChI is InChI=1S/C14H18FN3O/c1-10(16)13-4-3-12(9-14(13)15)19-8-7-18-6-5-17-11(18)2/h3-6,9-10H,7-8,16H2,1-2H3/t10-/m0/s1. The Balaban J connectivity index is 1.93. The Hall–Kier alpha value is -1.88. The first-order valence-electron chi connectivity index (χ1n) is 6.23. The summed E-state index contributed by atoms with van der Waals surface area (Å²) in [5.41, 5.74) is 6.15. The molecule has 0 radical (unpaired) electrons. The van der Waals surface area contributed by atoms with Gasteiger partial charge in [0.2, 0.25) is 0 Å². The summed E-state index contributed by atoms with van der Waals surface area (Å²) in [6.45, 7) is 4.83. The molecule has 0 fully saturated rings. The first kappa shape index (κ1) is 13.5. The van der Waals surface area contributed by atoms with Gasteiger partial charge in [0.1, 0.15) is 24.0 Å². The highest BCUT2D eigenvalue weighted by Crippen LogP contribution is 2.20. The van der Waals surface area contributed by atoms with E-state index in [1.54, 1.807) is 25.3 Å². The topological polar surface area (TPSA) is 53.1 Å². The molecule has 0 saturated heterocycles. The molecule has 0 aliphatic heterocycles. The molecule has 1 aromatic heterocycles. The number of nitrogens with zero attached hydrogens (tertiary/aromatic N) is 2. The molecule has 0 aliphatic rings. The van der Waals surface area contributed by atoms with Crippen LogP contribution in [0.25, 0.3) is 0 Å². The van der Waals surface area contributed by atoms with Crippen molar-refractivity contribution >= 4 is 0 Å². The molecule has 0 bridgehead atoms. The predicted octanol–water partition coefficient (Wildman–Crippen LogP) is 2.43. The van der Waals surface area contributed by atoms with Crippen LogP contribution in [0.2, 0.25) is 0 Å². The van der Waals surface area contributed by atoms with Crippen LogP contribution in [-0.2, 0) is 6.54 Å². The van der Waals surface area contributed by atoms with Gasteiger partial charge in [0.15, 0.2) is 0 Å². The van der Waals surface area contributed by atoms with Crippen LogP contribution in [-0.4, -0.2) is 16.2 Å². The van der Waals surface area contributed by atoms with E-state index in [0.29, 0.717) is 24.5 Å². The van der Waals surface area contributed by atoms with Gasteiger partial charge < -0.3 is 15.0 Å². The summed E-state index contributed by atoms with van der Waals surface area (Å²) in [5.74, 6) is 1.12. The van der Waals surface area contributed by atoms with E-state index in [1.165, 1.54) is 6.07 Å². The number of aryl methyl sites for hydroxylation is 1. The molecule has 5 heteroatoms. The molecule has 2 rings (SSSR count). The highest BCUT2D eigenvalue weighted by molar-refractivity contribution is 5.30. The highest BCUT2D eigenvalue weighted by Gasteiger charge is 2.08. The maximum atomic E-state index is 13.7. The van der Waals surface area contributed by atoms with Gasteiger partial charge in [0, 0.05) is 30.1 Å². The van der Waals surface area contributed by atoms with Gasteiger partial charge >= 0.3 is 0 Å². The van der Waals surface area contributed by atoms with E-state index in [-0.39, 0.29) is 11.9 Å². The molecule has 2 N–H and O–H groups in total. The molecule has 4 nitrogen and oxygen atoms in total. The minimum Gasteiger partial charge on any atom is -0.492 e. The second-order valence-electron chi connectivity index (χ2n) is 4.49. The highest BCUT2D eigenvalue weighted by atomic mass is 19.1. The average molecular weight is 263 g/mol. The molecule has 19 heavy (non-hydrogen) atoms. The van der Waals surface area contributed by atoms with Gasteiger partial charge in [-0.25, -0.2) is 9.37 Å². The molecule has 102 valence electrons. The largest absolute Gasteiger partial charge is 0.492 e. The fourth-order valence-electron chi connectivity index (χ4n) is 1.87. The first-order valence-corrected chi connectivity index (χ1v) is 6.23. The number of rotatable bonds is 5. The fourth-order valence-corrected chi connectivity index (χ4v) is 1.87. The molecule has 0 spiro atoms. The smallest absolute Gasteiger partial charge is 0.131 e. The van der Waals surface area contributed by atoms with E-state index in [9.17, 15) is 4.39 Å². The molecule has 0 saturated carbocycles. The third-order valence-electron chi connectivity index (χ3n) is 2.99. The zero-order valence-electron chi connectivity index (χ0n) is 11.1. The van der Waals surface area contributed by atoms with Gasteiger partial charge in [-0.3, -0.25) is 0 Å². The van der Waals surface area contributed by atoms with E-state index in [0.717, 1.165) is 5.82 Å². The maximum absolute atomic E-state index is 13.7. The zero-order chi connectivity index (χ0) is 13.8. The number of benzene rings is 1. The fraction of sp³-hybridized carbons (Fsp3) is 0.357. The maximum Gasteiger partial charge on any atom is 0.131 e. The quantitative estimate of drug-likeness (QED) is 0.901. The lowest BCUT2D eigenvalue weighted by Crippen LogP contribution is -2.10. The molecule has 1 heterocycles. The van der Waals surface area contributed by atoms with Gasteiger partial charge in [-0.1, -0.05) is 6.07 Å². The van der Waals surface area contributed by atoms with Crippen LogP contribution in [0.4, 0.5) is 4.39 Å². The third-order valence-corrected chi connectivity index (χ3v) is 2.99. The Morgan fingerprint density at radius 3 is 2.84 bits per heavy atom. The van der Waals surface area contributed by atoms with E-state index in [1.807, 2.05) is 17.7 Å². The van der Waals surface area contributed by atoms with Crippen LogP contribution in [0.1, 0.15) is 24.4 Å². The Labute approximate surface area is 112 Å². The van der Waals surface area contributed by atoms with Crippen LogP contribution in [0.5, 0.6) is 5.75 Å². The number of halogens is 1. The van der Waals surface area contributed by atoms with E-state index in [4.69, 9.17) is 10.5 Å². The first-order chi connectivity index (χ1) is 9.08. The van der Waals surface area contributed by atoms with Crippen molar-refractivity contribution in [3.8, 4) is 5.75 Å². The van der Waals surface area contributed by atoms with Crippen LogP contribution in [0.3, 0.4) is 0 Å². The van der Waals surface area contributed by atoms with Crippen molar-refractivity contribution in [1.29, 1.82) is 0 Å². The Bertz CT molecular complexity index is 551. The SMILES string of the molecule is Cc1nccn1CCOc1ccc([C@H](C)N)c(F)c1. The monoisotopic (exact) mass is 263 g/mol. The van der Waals surface area contributed by atoms with Crippen molar-refractivity contribution in [3.63, 3.8) is 0 Å². The molecule has 2 aromatic rings. The Kier molecular flexibility index (Phi) is 4.16. The number of aromatic nitrogens is 2.